The van der Waals surface area contributed by atoms with E-state index in [9.17, 15) is 4.79 Å². The van der Waals surface area contributed by atoms with Gasteiger partial charge >= 0.3 is 0 Å². The average molecular weight is 281 g/mol. The van der Waals surface area contributed by atoms with Gasteiger partial charge in [-0.3, -0.25) is 9.78 Å². The van der Waals surface area contributed by atoms with Crippen LogP contribution in [0.5, 0.6) is 0 Å². The Morgan fingerprint density at radius 2 is 1.86 bits per heavy atom. The third-order valence-corrected chi connectivity index (χ3v) is 3.85. The van der Waals surface area contributed by atoms with Crippen molar-refractivity contribution in [3.8, 4) is 0 Å². The lowest BCUT2D eigenvalue weighted by Crippen LogP contribution is -2.25. The molecule has 4 nitrogen and oxygen atoms in total. The molecule has 1 atom stereocenters. The van der Waals surface area contributed by atoms with Gasteiger partial charge in [0.2, 0.25) is 0 Å². The Kier molecular flexibility index (Phi) is 3.97. The van der Waals surface area contributed by atoms with Gasteiger partial charge < -0.3 is 11.1 Å². The highest BCUT2D eigenvalue weighted by molar-refractivity contribution is 6.04. The number of carbonyl (C=O) groups is 1. The van der Waals surface area contributed by atoms with Crippen molar-refractivity contribution in [2.45, 2.75) is 25.3 Å². The zero-order valence-electron chi connectivity index (χ0n) is 11.8. The molecular weight excluding hydrogens is 262 g/mol. The van der Waals surface area contributed by atoms with Crippen LogP contribution in [0, 0.1) is 5.92 Å². The number of pyridine rings is 1. The van der Waals surface area contributed by atoms with Crippen molar-refractivity contribution in [1.29, 1.82) is 0 Å². The van der Waals surface area contributed by atoms with Gasteiger partial charge in [0.15, 0.2) is 0 Å². The maximum Gasteiger partial charge on any atom is 0.255 e. The van der Waals surface area contributed by atoms with Crippen molar-refractivity contribution in [3.63, 3.8) is 0 Å². The molecule has 0 spiro atoms. The Hall–Kier alpha value is -2.20. The molecule has 0 saturated heterocycles. The fraction of sp³-hybridized carbons (Fsp3) is 0.294. The summed E-state index contributed by atoms with van der Waals surface area (Å²) in [5.41, 5.74) is 8.71. The van der Waals surface area contributed by atoms with E-state index in [0.717, 1.165) is 12.1 Å². The van der Waals surface area contributed by atoms with E-state index in [-0.39, 0.29) is 11.9 Å². The lowest BCUT2D eigenvalue weighted by molar-refractivity contribution is 0.102. The van der Waals surface area contributed by atoms with Gasteiger partial charge in [0.1, 0.15) is 0 Å². The minimum atomic E-state index is -0.112. The van der Waals surface area contributed by atoms with E-state index in [0.29, 0.717) is 11.5 Å². The van der Waals surface area contributed by atoms with E-state index in [2.05, 4.69) is 10.3 Å². The molecule has 4 heteroatoms. The second kappa shape index (κ2) is 6.06. The SMILES string of the molecule is NC(Cc1ccc(C(=O)Nc2ccncc2)cc1)C1CC1. The van der Waals surface area contributed by atoms with E-state index < -0.39 is 0 Å². The lowest BCUT2D eigenvalue weighted by atomic mass is 10.0. The topological polar surface area (TPSA) is 68.0 Å². The number of nitrogens with two attached hydrogens (primary N) is 1. The average Bonchev–Trinajstić information content (AvgIpc) is 3.33. The molecule has 3 rings (SSSR count). The molecule has 1 aliphatic carbocycles. The summed E-state index contributed by atoms with van der Waals surface area (Å²) in [6, 6.07) is 11.5. The zero-order chi connectivity index (χ0) is 14.7. The molecule has 0 radical (unpaired) electrons. The normalized spacial score (nSPS) is 15.5. The quantitative estimate of drug-likeness (QED) is 0.885. The first-order valence-corrected chi connectivity index (χ1v) is 7.28. The number of nitrogens with zero attached hydrogens (tertiary/aromatic N) is 1. The van der Waals surface area contributed by atoms with Crippen LogP contribution in [-0.2, 0) is 6.42 Å². The summed E-state index contributed by atoms with van der Waals surface area (Å²) in [7, 11) is 0. The minimum Gasteiger partial charge on any atom is -0.327 e. The molecule has 1 aromatic carbocycles. The number of anilines is 1. The highest BCUT2D eigenvalue weighted by atomic mass is 16.1. The van der Waals surface area contributed by atoms with Crippen LogP contribution < -0.4 is 11.1 Å². The number of hydrogen-bond acceptors (Lipinski definition) is 3. The third kappa shape index (κ3) is 3.67. The van der Waals surface area contributed by atoms with E-state index >= 15 is 0 Å². The third-order valence-electron chi connectivity index (χ3n) is 3.85. The van der Waals surface area contributed by atoms with Crippen molar-refractivity contribution in [3.05, 3.63) is 59.9 Å². The predicted molar refractivity (Wildman–Crippen MR) is 83.0 cm³/mol. The lowest BCUT2D eigenvalue weighted by Gasteiger charge is -2.10. The van der Waals surface area contributed by atoms with Crippen LogP contribution in [0.1, 0.15) is 28.8 Å². The first-order chi connectivity index (χ1) is 10.2. The van der Waals surface area contributed by atoms with Gasteiger partial charge in [-0.1, -0.05) is 12.1 Å². The van der Waals surface area contributed by atoms with Gasteiger partial charge in [-0.2, -0.15) is 0 Å². The van der Waals surface area contributed by atoms with Gasteiger partial charge in [0, 0.05) is 29.7 Å². The van der Waals surface area contributed by atoms with E-state index in [4.69, 9.17) is 5.73 Å². The minimum absolute atomic E-state index is 0.112. The molecule has 1 fully saturated rings. The molecule has 108 valence electrons. The second-order valence-corrected chi connectivity index (χ2v) is 5.59. The van der Waals surface area contributed by atoms with Gasteiger partial charge in [-0.25, -0.2) is 0 Å². The monoisotopic (exact) mass is 281 g/mol. The molecule has 1 heterocycles. The second-order valence-electron chi connectivity index (χ2n) is 5.59. The Bertz CT molecular complexity index is 606. The highest BCUT2D eigenvalue weighted by Crippen LogP contribution is 2.32. The number of aromatic nitrogens is 1. The molecule has 1 amide bonds. The Balaban J connectivity index is 1.61. The Morgan fingerprint density at radius 3 is 2.48 bits per heavy atom. The highest BCUT2D eigenvalue weighted by Gasteiger charge is 2.28. The molecule has 1 saturated carbocycles. The van der Waals surface area contributed by atoms with Crippen LogP contribution in [0.4, 0.5) is 5.69 Å². The summed E-state index contributed by atoms with van der Waals surface area (Å²) < 4.78 is 0. The van der Waals surface area contributed by atoms with Gasteiger partial charge in [-0.05, 0) is 55.0 Å². The fourth-order valence-corrected chi connectivity index (χ4v) is 2.39. The molecule has 0 aliphatic heterocycles. The number of nitrogens with one attached hydrogen (secondary N) is 1. The first kappa shape index (κ1) is 13.8. The number of amides is 1. The summed E-state index contributed by atoms with van der Waals surface area (Å²) in [6.45, 7) is 0. The summed E-state index contributed by atoms with van der Waals surface area (Å²) in [6.07, 6.45) is 6.70. The standard InChI is InChI=1S/C17H19N3O/c18-16(13-5-6-13)11-12-1-3-14(4-2-12)17(21)20-15-7-9-19-10-8-15/h1-4,7-10,13,16H,5-6,11,18H2,(H,19,20,21). The maximum atomic E-state index is 12.1. The molecule has 21 heavy (non-hydrogen) atoms. The zero-order valence-corrected chi connectivity index (χ0v) is 11.8. The molecule has 3 N–H and O–H groups in total. The number of rotatable bonds is 5. The van der Waals surface area contributed by atoms with E-state index in [1.807, 2.05) is 24.3 Å². The van der Waals surface area contributed by atoms with Crippen molar-refractivity contribution < 1.29 is 4.79 Å². The summed E-state index contributed by atoms with van der Waals surface area (Å²) in [5.74, 6) is 0.582. The van der Waals surface area contributed by atoms with Crippen molar-refractivity contribution in [2.24, 2.45) is 11.7 Å². The Morgan fingerprint density at radius 1 is 1.19 bits per heavy atom. The van der Waals surface area contributed by atoms with Crippen LogP contribution in [0.3, 0.4) is 0 Å². The molecule has 1 aliphatic rings. The first-order valence-electron chi connectivity index (χ1n) is 7.28. The van der Waals surface area contributed by atoms with E-state index in [1.165, 1.54) is 18.4 Å². The molecule has 1 aromatic heterocycles. The maximum absolute atomic E-state index is 12.1. The van der Waals surface area contributed by atoms with Crippen LogP contribution >= 0.6 is 0 Å². The molecule has 1 unspecified atom stereocenters. The predicted octanol–water partition coefficient (Wildman–Crippen LogP) is 2.61. The van der Waals surface area contributed by atoms with Crippen LogP contribution in [-0.4, -0.2) is 16.9 Å². The van der Waals surface area contributed by atoms with Crippen molar-refractivity contribution >= 4 is 11.6 Å². The van der Waals surface area contributed by atoms with Crippen LogP contribution in [0.15, 0.2) is 48.8 Å². The largest absolute Gasteiger partial charge is 0.327 e. The summed E-state index contributed by atoms with van der Waals surface area (Å²) in [4.78, 5) is 16.0. The fourth-order valence-electron chi connectivity index (χ4n) is 2.39. The number of benzene rings is 1. The summed E-state index contributed by atoms with van der Waals surface area (Å²) in [5, 5.41) is 2.84. The smallest absolute Gasteiger partial charge is 0.255 e. The number of carbonyl (C=O) groups excluding carboxylic acids is 1. The van der Waals surface area contributed by atoms with Crippen molar-refractivity contribution in [2.75, 3.05) is 5.32 Å². The van der Waals surface area contributed by atoms with Gasteiger partial charge in [0.05, 0.1) is 0 Å². The number of hydrogen-bond donors (Lipinski definition) is 2. The summed E-state index contributed by atoms with van der Waals surface area (Å²) >= 11 is 0. The Labute approximate surface area is 124 Å². The molecular formula is C17H19N3O. The van der Waals surface area contributed by atoms with Crippen LogP contribution in [0.25, 0.3) is 0 Å². The van der Waals surface area contributed by atoms with Gasteiger partial charge in [-0.15, -0.1) is 0 Å². The molecule has 2 aromatic rings. The van der Waals surface area contributed by atoms with Gasteiger partial charge in [0.25, 0.3) is 5.91 Å². The molecule has 0 bridgehead atoms. The van der Waals surface area contributed by atoms with Crippen LogP contribution in [0.2, 0.25) is 0 Å². The van der Waals surface area contributed by atoms with Crippen molar-refractivity contribution in [1.82, 2.24) is 4.98 Å². The van der Waals surface area contributed by atoms with E-state index in [1.54, 1.807) is 24.5 Å².